The zero-order valence-corrected chi connectivity index (χ0v) is 12.7. The molecule has 0 aromatic heterocycles. The molecule has 1 aromatic carbocycles. The highest BCUT2D eigenvalue weighted by Crippen LogP contribution is 2.26. The maximum absolute atomic E-state index is 12.0. The number of ether oxygens (including phenoxy) is 3. The normalized spacial score (nSPS) is 12.0. The summed E-state index contributed by atoms with van der Waals surface area (Å²) >= 11 is 0. The van der Waals surface area contributed by atoms with Crippen LogP contribution >= 0.6 is 0 Å². The van der Waals surface area contributed by atoms with Crippen LogP contribution in [0.25, 0.3) is 0 Å². The van der Waals surface area contributed by atoms with E-state index in [1.54, 1.807) is 21.0 Å². The van der Waals surface area contributed by atoms with Crippen LogP contribution in [0.2, 0.25) is 0 Å². The summed E-state index contributed by atoms with van der Waals surface area (Å²) in [4.78, 5) is 23.9. The minimum atomic E-state index is -0.977. The summed E-state index contributed by atoms with van der Waals surface area (Å²) in [5.74, 6) is -2.13. The van der Waals surface area contributed by atoms with Crippen LogP contribution in [0.4, 0.5) is 0 Å². The Bertz CT molecular complexity index is 425. The quantitative estimate of drug-likeness (QED) is 0.544. The summed E-state index contributed by atoms with van der Waals surface area (Å²) in [5, 5.41) is 0. The summed E-state index contributed by atoms with van der Waals surface area (Å²) < 4.78 is 15.3. The van der Waals surface area contributed by atoms with Crippen molar-refractivity contribution in [2.24, 2.45) is 5.92 Å². The van der Waals surface area contributed by atoms with Gasteiger partial charge in [-0.05, 0) is 19.4 Å². The highest BCUT2D eigenvalue weighted by Gasteiger charge is 2.32. The van der Waals surface area contributed by atoms with Gasteiger partial charge in [0.05, 0.1) is 19.3 Å². The fourth-order valence-corrected chi connectivity index (χ4v) is 2.02. The highest BCUT2D eigenvalue weighted by atomic mass is 16.6. The molecule has 5 nitrogen and oxygen atoms in total. The van der Waals surface area contributed by atoms with Crippen molar-refractivity contribution in [1.29, 1.82) is 0 Å². The average Bonchev–Trinajstić information content (AvgIpc) is 2.49. The molecule has 0 aliphatic carbocycles. The predicted octanol–water partition coefficient (Wildman–Crippen LogP) is 2.51. The van der Waals surface area contributed by atoms with Gasteiger partial charge in [-0.15, -0.1) is 0 Å². The van der Waals surface area contributed by atoms with Gasteiger partial charge in [-0.3, -0.25) is 9.59 Å². The second-order valence-electron chi connectivity index (χ2n) is 4.43. The Morgan fingerprint density at radius 1 is 1.00 bits per heavy atom. The minimum absolute atomic E-state index is 0.193. The van der Waals surface area contributed by atoms with E-state index in [2.05, 4.69) is 0 Å². The van der Waals surface area contributed by atoms with Crippen LogP contribution in [0.5, 0.6) is 0 Å². The van der Waals surface area contributed by atoms with E-state index in [0.29, 0.717) is 0 Å². The molecule has 0 saturated heterocycles. The summed E-state index contributed by atoms with van der Waals surface area (Å²) in [6.45, 7) is 3.84. The third kappa shape index (κ3) is 5.19. The van der Waals surface area contributed by atoms with Gasteiger partial charge >= 0.3 is 11.9 Å². The van der Waals surface area contributed by atoms with Crippen molar-refractivity contribution in [3.05, 3.63) is 35.9 Å². The summed E-state index contributed by atoms with van der Waals surface area (Å²) in [5.41, 5.74) is 0.901. The maximum Gasteiger partial charge on any atom is 0.320 e. The number of hydrogen-bond acceptors (Lipinski definition) is 5. The van der Waals surface area contributed by atoms with Crippen LogP contribution in [0.3, 0.4) is 0 Å². The van der Waals surface area contributed by atoms with Crippen molar-refractivity contribution in [2.75, 3.05) is 20.3 Å². The van der Waals surface area contributed by atoms with Gasteiger partial charge in [0.1, 0.15) is 0 Å². The highest BCUT2D eigenvalue weighted by molar-refractivity contribution is 5.94. The minimum Gasteiger partial charge on any atom is -0.465 e. The standard InChI is InChI=1S/C16H22O5/c1-4-20-15(17)13(16(18)21-5-2)11-14(19-3)12-9-7-6-8-10-12/h6-10,13-14H,4-5,11H2,1-3H3. The molecule has 0 saturated carbocycles. The molecular weight excluding hydrogens is 272 g/mol. The van der Waals surface area contributed by atoms with Gasteiger partial charge in [0.15, 0.2) is 5.92 Å². The van der Waals surface area contributed by atoms with Gasteiger partial charge < -0.3 is 14.2 Å². The van der Waals surface area contributed by atoms with E-state index in [-0.39, 0.29) is 25.7 Å². The fourth-order valence-electron chi connectivity index (χ4n) is 2.02. The molecule has 5 heteroatoms. The van der Waals surface area contributed by atoms with E-state index < -0.39 is 17.9 Å². The van der Waals surface area contributed by atoms with Gasteiger partial charge in [-0.2, -0.15) is 0 Å². The largest absolute Gasteiger partial charge is 0.465 e. The van der Waals surface area contributed by atoms with Crippen LogP contribution in [0, 0.1) is 5.92 Å². The third-order valence-electron chi connectivity index (χ3n) is 3.05. The molecule has 0 spiro atoms. The Morgan fingerprint density at radius 2 is 1.52 bits per heavy atom. The molecule has 0 N–H and O–H groups in total. The van der Waals surface area contributed by atoms with E-state index in [4.69, 9.17) is 14.2 Å². The molecule has 0 radical (unpaired) electrons. The molecule has 0 amide bonds. The van der Waals surface area contributed by atoms with Crippen LogP contribution in [0.1, 0.15) is 31.9 Å². The lowest BCUT2D eigenvalue weighted by Gasteiger charge is -2.20. The third-order valence-corrected chi connectivity index (χ3v) is 3.05. The Hall–Kier alpha value is -1.88. The SMILES string of the molecule is CCOC(=O)C(CC(OC)c1ccccc1)C(=O)OCC. The maximum atomic E-state index is 12.0. The zero-order valence-electron chi connectivity index (χ0n) is 12.7. The summed E-state index contributed by atoms with van der Waals surface area (Å²) in [6, 6.07) is 9.43. The number of esters is 2. The molecule has 0 fully saturated rings. The van der Waals surface area contributed by atoms with E-state index in [0.717, 1.165) is 5.56 Å². The zero-order chi connectivity index (χ0) is 15.7. The van der Waals surface area contributed by atoms with E-state index in [1.165, 1.54) is 0 Å². The van der Waals surface area contributed by atoms with Crippen molar-refractivity contribution in [2.45, 2.75) is 26.4 Å². The number of rotatable bonds is 8. The topological polar surface area (TPSA) is 61.8 Å². The monoisotopic (exact) mass is 294 g/mol. The van der Waals surface area contributed by atoms with Gasteiger partial charge in [0.25, 0.3) is 0 Å². The molecule has 1 unspecified atom stereocenters. The number of carbonyl (C=O) groups is 2. The smallest absolute Gasteiger partial charge is 0.320 e. The second kappa shape index (κ2) is 9.13. The van der Waals surface area contributed by atoms with Crippen LogP contribution in [-0.4, -0.2) is 32.3 Å². The molecule has 0 heterocycles. The Kier molecular flexibility index (Phi) is 7.46. The van der Waals surface area contributed by atoms with Gasteiger partial charge in [0, 0.05) is 13.5 Å². The number of benzene rings is 1. The average molecular weight is 294 g/mol. The molecule has 1 atom stereocenters. The Morgan fingerprint density at radius 3 is 1.95 bits per heavy atom. The first-order chi connectivity index (χ1) is 10.1. The Labute approximate surface area is 125 Å². The van der Waals surface area contributed by atoms with Crippen molar-refractivity contribution in [1.82, 2.24) is 0 Å². The molecule has 0 aliphatic rings. The van der Waals surface area contributed by atoms with E-state index in [1.807, 2.05) is 30.3 Å². The van der Waals surface area contributed by atoms with Gasteiger partial charge in [0.2, 0.25) is 0 Å². The van der Waals surface area contributed by atoms with Crippen LogP contribution in [-0.2, 0) is 23.8 Å². The molecular formula is C16H22O5. The van der Waals surface area contributed by atoms with Crippen molar-refractivity contribution in [3.63, 3.8) is 0 Å². The van der Waals surface area contributed by atoms with E-state index >= 15 is 0 Å². The Balaban J connectivity index is 2.87. The predicted molar refractivity (Wildman–Crippen MR) is 77.6 cm³/mol. The second-order valence-corrected chi connectivity index (χ2v) is 4.43. The molecule has 1 rings (SSSR count). The number of carbonyl (C=O) groups excluding carboxylic acids is 2. The van der Waals surface area contributed by atoms with E-state index in [9.17, 15) is 9.59 Å². The molecule has 0 aliphatic heterocycles. The van der Waals surface area contributed by atoms with Crippen LogP contribution in [0.15, 0.2) is 30.3 Å². The molecule has 116 valence electrons. The fraction of sp³-hybridized carbons (Fsp3) is 0.500. The van der Waals surface area contributed by atoms with Gasteiger partial charge in [-0.25, -0.2) is 0 Å². The first kappa shape index (κ1) is 17.2. The lowest BCUT2D eigenvalue weighted by atomic mass is 9.96. The van der Waals surface area contributed by atoms with Crippen molar-refractivity contribution in [3.8, 4) is 0 Å². The molecule has 21 heavy (non-hydrogen) atoms. The molecule has 1 aromatic rings. The molecule has 0 bridgehead atoms. The van der Waals surface area contributed by atoms with Gasteiger partial charge in [-0.1, -0.05) is 30.3 Å². The number of hydrogen-bond donors (Lipinski definition) is 0. The summed E-state index contributed by atoms with van der Waals surface area (Å²) in [7, 11) is 1.55. The lowest BCUT2D eigenvalue weighted by Crippen LogP contribution is -2.30. The number of methoxy groups -OCH3 is 1. The first-order valence-electron chi connectivity index (χ1n) is 7.05. The first-order valence-corrected chi connectivity index (χ1v) is 7.05. The van der Waals surface area contributed by atoms with Crippen molar-refractivity contribution >= 4 is 11.9 Å². The lowest BCUT2D eigenvalue weighted by molar-refractivity contribution is -0.163. The summed E-state index contributed by atoms with van der Waals surface area (Å²) in [6.07, 6.45) is -0.178. The van der Waals surface area contributed by atoms with Crippen LogP contribution < -0.4 is 0 Å². The van der Waals surface area contributed by atoms with Crippen molar-refractivity contribution < 1.29 is 23.8 Å².